The Balaban J connectivity index is 1.94. The minimum atomic E-state index is -4.17. The highest BCUT2D eigenvalue weighted by Gasteiger charge is 2.27. The van der Waals surface area contributed by atoms with Crippen LogP contribution in [0.15, 0.2) is 82.6 Å². The fourth-order valence-electron chi connectivity index (χ4n) is 2.72. The number of amides is 1. The Hall–Kier alpha value is -2.91. The highest BCUT2D eigenvalue weighted by molar-refractivity contribution is 7.98. The van der Waals surface area contributed by atoms with Crippen LogP contribution in [0, 0.1) is 11.6 Å². The van der Waals surface area contributed by atoms with E-state index < -0.39 is 34.1 Å². The largest absolute Gasteiger partial charge is 0.324 e. The van der Waals surface area contributed by atoms with E-state index in [4.69, 9.17) is 0 Å². The molecule has 0 saturated heterocycles. The number of hydrogen-bond donors (Lipinski definition) is 1. The molecule has 0 spiro atoms. The third kappa shape index (κ3) is 5.17. The van der Waals surface area contributed by atoms with Crippen molar-refractivity contribution in [2.45, 2.75) is 9.79 Å². The number of carbonyl (C=O) groups excluding carboxylic acids is 1. The zero-order valence-corrected chi connectivity index (χ0v) is 17.5. The molecule has 0 bridgehead atoms. The van der Waals surface area contributed by atoms with Crippen LogP contribution in [0.2, 0.25) is 0 Å². The fraction of sp³-hybridized carbons (Fsp3) is 0.0952. The first-order valence-corrected chi connectivity index (χ1v) is 11.4. The first-order valence-electron chi connectivity index (χ1n) is 8.77. The van der Waals surface area contributed by atoms with Crippen LogP contribution in [0.25, 0.3) is 0 Å². The van der Waals surface area contributed by atoms with Crippen LogP contribution in [0.5, 0.6) is 0 Å². The smallest absolute Gasteiger partial charge is 0.264 e. The zero-order chi connectivity index (χ0) is 21.7. The van der Waals surface area contributed by atoms with Crippen LogP contribution in [-0.4, -0.2) is 27.1 Å². The molecule has 0 fully saturated rings. The molecule has 0 heterocycles. The molecule has 3 aromatic carbocycles. The number of anilines is 2. The maximum atomic E-state index is 13.8. The maximum Gasteiger partial charge on any atom is 0.264 e. The summed E-state index contributed by atoms with van der Waals surface area (Å²) in [5.74, 6) is -1.89. The van der Waals surface area contributed by atoms with Gasteiger partial charge in [-0.1, -0.05) is 12.1 Å². The predicted octanol–water partition coefficient (Wildman–Crippen LogP) is 4.52. The molecule has 156 valence electrons. The number of rotatable bonds is 7. The molecule has 0 aliphatic rings. The van der Waals surface area contributed by atoms with Crippen molar-refractivity contribution in [3.63, 3.8) is 0 Å². The van der Waals surface area contributed by atoms with Gasteiger partial charge >= 0.3 is 0 Å². The third-order valence-corrected chi connectivity index (χ3v) is 6.67. The van der Waals surface area contributed by atoms with Crippen molar-refractivity contribution in [1.29, 1.82) is 0 Å². The summed E-state index contributed by atoms with van der Waals surface area (Å²) in [6.07, 6.45) is 1.86. The van der Waals surface area contributed by atoms with Gasteiger partial charge in [-0.15, -0.1) is 11.8 Å². The molecule has 0 aromatic heterocycles. The van der Waals surface area contributed by atoms with E-state index >= 15 is 0 Å². The van der Waals surface area contributed by atoms with Crippen molar-refractivity contribution in [1.82, 2.24) is 0 Å². The fourth-order valence-corrected chi connectivity index (χ4v) is 4.54. The van der Waals surface area contributed by atoms with Gasteiger partial charge in [-0.25, -0.2) is 17.2 Å². The molecule has 0 aliphatic heterocycles. The van der Waals surface area contributed by atoms with Crippen LogP contribution in [-0.2, 0) is 14.8 Å². The van der Waals surface area contributed by atoms with Crippen molar-refractivity contribution in [3.05, 3.63) is 84.4 Å². The number of nitrogens with zero attached hydrogens (tertiary/aromatic N) is 1. The van der Waals surface area contributed by atoms with E-state index in [0.29, 0.717) is 0 Å². The van der Waals surface area contributed by atoms with Gasteiger partial charge in [0.25, 0.3) is 10.0 Å². The van der Waals surface area contributed by atoms with Crippen molar-refractivity contribution in [3.8, 4) is 0 Å². The standard InChI is InChI=1S/C21H18F2N2O3S2/c1-29-19-8-10-20(11-9-19)30(27,28)25(18-7-3-5-16(23)13-18)14-21(26)24-17-6-2-4-15(22)12-17/h2-13H,14H2,1H3,(H,24,26). The Morgan fingerprint density at radius 3 is 2.20 bits per heavy atom. The molecule has 0 atom stereocenters. The van der Waals surface area contributed by atoms with Gasteiger partial charge in [-0.05, 0) is 66.9 Å². The first kappa shape index (κ1) is 21.8. The lowest BCUT2D eigenvalue weighted by molar-refractivity contribution is -0.114. The lowest BCUT2D eigenvalue weighted by Gasteiger charge is -2.24. The highest BCUT2D eigenvalue weighted by atomic mass is 32.2. The molecule has 5 nitrogen and oxygen atoms in total. The third-order valence-electron chi connectivity index (χ3n) is 4.14. The topological polar surface area (TPSA) is 66.5 Å². The van der Waals surface area contributed by atoms with Crippen LogP contribution < -0.4 is 9.62 Å². The summed E-state index contributed by atoms with van der Waals surface area (Å²) in [4.78, 5) is 13.4. The normalized spacial score (nSPS) is 11.2. The van der Waals surface area contributed by atoms with E-state index in [0.717, 1.165) is 21.3 Å². The molecule has 0 saturated carbocycles. The monoisotopic (exact) mass is 448 g/mol. The molecule has 0 aliphatic carbocycles. The maximum absolute atomic E-state index is 13.8. The number of benzene rings is 3. The Labute approximate surface area is 177 Å². The summed E-state index contributed by atoms with van der Waals surface area (Å²) >= 11 is 1.46. The van der Waals surface area contributed by atoms with Crippen molar-refractivity contribution >= 4 is 39.1 Å². The molecule has 3 rings (SSSR count). The average Bonchev–Trinajstić information content (AvgIpc) is 2.72. The van der Waals surface area contributed by atoms with Crippen molar-refractivity contribution in [2.75, 3.05) is 22.4 Å². The lowest BCUT2D eigenvalue weighted by Crippen LogP contribution is -2.38. The summed E-state index contributed by atoms with van der Waals surface area (Å²) in [6.45, 7) is -0.618. The van der Waals surface area contributed by atoms with Crippen LogP contribution in [0.4, 0.5) is 20.2 Å². The molecule has 0 radical (unpaired) electrons. The molecule has 30 heavy (non-hydrogen) atoms. The second-order valence-corrected chi connectivity index (χ2v) is 8.97. The summed E-state index contributed by atoms with van der Waals surface area (Å²) in [7, 11) is -4.17. The Morgan fingerprint density at radius 1 is 0.967 bits per heavy atom. The molecule has 3 aromatic rings. The van der Waals surface area contributed by atoms with Crippen LogP contribution in [0.1, 0.15) is 0 Å². The van der Waals surface area contributed by atoms with E-state index in [1.165, 1.54) is 60.3 Å². The Morgan fingerprint density at radius 2 is 1.60 bits per heavy atom. The minimum absolute atomic E-state index is 0.00154. The summed E-state index contributed by atoms with van der Waals surface area (Å²) in [5, 5.41) is 2.46. The predicted molar refractivity (Wildman–Crippen MR) is 114 cm³/mol. The van der Waals surface area contributed by atoms with Crippen LogP contribution >= 0.6 is 11.8 Å². The van der Waals surface area contributed by atoms with E-state index in [2.05, 4.69) is 5.32 Å². The average molecular weight is 449 g/mol. The Kier molecular flexibility index (Phi) is 6.73. The van der Waals surface area contributed by atoms with Gasteiger partial charge in [0.15, 0.2) is 0 Å². The number of sulfonamides is 1. The first-order chi connectivity index (χ1) is 14.3. The lowest BCUT2D eigenvalue weighted by atomic mass is 10.3. The molecular formula is C21H18F2N2O3S2. The number of thioether (sulfide) groups is 1. The van der Waals surface area contributed by atoms with E-state index in [1.54, 1.807) is 12.1 Å². The molecular weight excluding hydrogens is 430 g/mol. The quantitative estimate of drug-likeness (QED) is 0.540. The number of hydrogen-bond acceptors (Lipinski definition) is 4. The van der Waals surface area contributed by atoms with Crippen LogP contribution in [0.3, 0.4) is 0 Å². The van der Waals surface area contributed by atoms with Crippen molar-refractivity contribution in [2.24, 2.45) is 0 Å². The van der Waals surface area contributed by atoms with E-state index in [-0.39, 0.29) is 16.3 Å². The molecule has 1 amide bonds. The number of nitrogens with one attached hydrogen (secondary N) is 1. The molecule has 1 N–H and O–H groups in total. The number of halogens is 2. The SMILES string of the molecule is CSc1ccc(S(=O)(=O)N(CC(=O)Nc2cccc(F)c2)c2cccc(F)c2)cc1. The molecule has 0 unspecified atom stereocenters. The summed E-state index contributed by atoms with van der Waals surface area (Å²) in [5.41, 5.74) is 0.180. The van der Waals surface area contributed by atoms with Gasteiger partial charge in [0.2, 0.25) is 5.91 Å². The summed E-state index contributed by atoms with van der Waals surface area (Å²) < 4.78 is 54.4. The molecule has 9 heteroatoms. The van der Waals surface area contributed by atoms with E-state index in [9.17, 15) is 22.0 Å². The number of carbonyl (C=O) groups is 1. The van der Waals surface area contributed by atoms with Gasteiger partial charge in [0.1, 0.15) is 18.2 Å². The Bertz CT molecular complexity index is 1150. The van der Waals surface area contributed by atoms with Gasteiger partial charge in [-0.3, -0.25) is 9.10 Å². The van der Waals surface area contributed by atoms with E-state index in [1.807, 2.05) is 6.26 Å². The highest BCUT2D eigenvalue weighted by Crippen LogP contribution is 2.26. The zero-order valence-electron chi connectivity index (χ0n) is 15.9. The van der Waals surface area contributed by atoms with Gasteiger partial charge < -0.3 is 5.32 Å². The second kappa shape index (κ2) is 9.27. The minimum Gasteiger partial charge on any atom is -0.324 e. The summed E-state index contributed by atoms with van der Waals surface area (Å²) in [6, 6.07) is 16.3. The van der Waals surface area contributed by atoms with Gasteiger partial charge in [-0.2, -0.15) is 0 Å². The van der Waals surface area contributed by atoms with Crippen molar-refractivity contribution < 1.29 is 22.0 Å². The van der Waals surface area contributed by atoms with Gasteiger partial charge in [0, 0.05) is 10.6 Å². The second-order valence-electron chi connectivity index (χ2n) is 6.23. The van der Waals surface area contributed by atoms with Gasteiger partial charge in [0.05, 0.1) is 10.6 Å².